The number of halogens is 1. The van der Waals surface area contributed by atoms with Crippen molar-refractivity contribution in [2.75, 3.05) is 11.9 Å². The van der Waals surface area contributed by atoms with Crippen LogP contribution in [0.2, 0.25) is 4.47 Å². The molecule has 2 aromatic carbocycles. The lowest BCUT2D eigenvalue weighted by atomic mass is 10.1. The summed E-state index contributed by atoms with van der Waals surface area (Å²) >= 11 is 7.64. The number of benzene rings is 2. The van der Waals surface area contributed by atoms with Crippen LogP contribution in [0.3, 0.4) is 0 Å². The number of aromatic nitrogens is 2. The minimum absolute atomic E-state index is 0.567. The topological polar surface area (TPSA) is 37.8 Å². The summed E-state index contributed by atoms with van der Waals surface area (Å²) < 4.78 is 1.66. The highest BCUT2D eigenvalue weighted by molar-refractivity contribution is 7.23. The number of hydrogen-bond donors (Lipinski definition) is 1. The molecule has 110 valence electrons. The van der Waals surface area contributed by atoms with Crippen molar-refractivity contribution in [3.63, 3.8) is 0 Å². The van der Waals surface area contributed by atoms with Gasteiger partial charge in [-0.2, -0.15) is 0 Å². The average molecular weight is 328 g/mol. The summed E-state index contributed by atoms with van der Waals surface area (Å²) in [6.07, 6.45) is 1.07. The maximum Gasteiger partial charge on any atom is 0.184 e. The number of fused-ring (bicyclic) bond motifs is 4. The Hall–Kier alpha value is -1.91. The number of anilines is 1. The third-order valence-electron chi connectivity index (χ3n) is 3.73. The van der Waals surface area contributed by atoms with Crippen LogP contribution < -0.4 is 5.32 Å². The van der Waals surface area contributed by atoms with E-state index in [-0.39, 0.29) is 0 Å². The minimum atomic E-state index is 0.567. The van der Waals surface area contributed by atoms with E-state index in [2.05, 4.69) is 29.4 Å². The minimum Gasteiger partial charge on any atom is -0.384 e. The molecule has 0 aliphatic rings. The first-order valence-electron chi connectivity index (χ1n) is 7.29. The van der Waals surface area contributed by atoms with Gasteiger partial charge in [0.15, 0.2) is 4.47 Å². The van der Waals surface area contributed by atoms with E-state index in [0.717, 1.165) is 50.7 Å². The summed E-state index contributed by atoms with van der Waals surface area (Å²) in [5.41, 5.74) is 4.04. The smallest absolute Gasteiger partial charge is 0.184 e. The summed E-state index contributed by atoms with van der Waals surface area (Å²) in [5, 5.41) is 5.84. The Balaban J connectivity index is 2.18. The maximum absolute atomic E-state index is 6.12. The summed E-state index contributed by atoms with van der Waals surface area (Å²) in [5.74, 6) is 0. The molecule has 0 atom stereocenters. The van der Waals surface area contributed by atoms with Crippen molar-refractivity contribution in [1.82, 2.24) is 9.97 Å². The Bertz CT molecular complexity index is 993. The zero-order valence-corrected chi connectivity index (χ0v) is 13.6. The highest BCUT2D eigenvalue weighted by Gasteiger charge is 2.14. The molecular formula is C17H14ClN3S. The highest BCUT2D eigenvalue weighted by atomic mass is 35.5. The van der Waals surface area contributed by atoms with E-state index in [1.165, 1.54) is 11.3 Å². The normalized spacial score (nSPS) is 11.5. The summed E-state index contributed by atoms with van der Waals surface area (Å²) in [6.45, 7) is 3.09. The van der Waals surface area contributed by atoms with Gasteiger partial charge >= 0.3 is 0 Å². The van der Waals surface area contributed by atoms with Crippen molar-refractivity contribution >= 4 is 60.6 Å². The molecule has 0 amide bonds. The van der Waals surface area contributed by atoms with E-state index in [1.807, 2.05) is 24.3 Å². The molecule has 0 aliphatic carbocycles. The monoisotopic (exact) mass is 327 g/mol. The Morgan fingerprint density at radius 3 is 2.73 bits per heavy atom. The summed E-state index contributed by atoms with van der Waals surface area (Å²) in [7, 11) is 0. The first kappa shape index (κ1) is 13.7. The molecule has 4 rings (SSSR count). The van der Waals surface area contributed by atoms with Gasteiger partial charge in [-0.1, -0.05) is 36.7 Å². The zero-order chi connectivity index (χ0) is 15.1. The van der Waals surface area contributed by atoms with Gasteiger partial charge in [0.25, 0.3) is 0 Å². The number of pyridine rings is 1. The van der Waals surface area contributed by atoms with Crippen molar-refractivity contribution in [3.8, 4) is 0 Å². The van der Waals surface area contributed by atoms with Crippen molar-refractivity contribution in [1.29, 1.82) is 0 Å². The lowest BCUT2D eigenvalue weighted by Gasteiger charge is -2.13. The number of hydrogen-bond acceptors (Lipinski definition) is 4. The Labute approximate surface area is 137 Å². The maximum atomic E-state index is 6.12. The largest absolute Gasteiger partial charge is 0.384 e. The average Bonchev–Trinajstić information content (AvgIpc) is 2.92. The van der Waals surface area contributed by atoms with Gasteiger partial charge < -0.3 is 5.32 Å². The number of rotatable bonds is 3. The van der Waals surface area contributed by atoms with E-state index < -0.39 is 0 Å². The lowest BCUT2D eigenvalue weighted by Crippen LogP contribution is -2.02. The molecule has 0 aliphatic heterocycles. The third-order valence-corrected chi connectivity index (χ3v) is 4.92. The van der Waals surface area contributed by atoms with E-state index in [0.29, 0.717) is 4.47 Å². The van der Waals surface area contributed by atoms with Gasteiger partial charge in [-0.25, -0.2) is 9.97 Å². The van der Waals surface area contributed by atoms with Crippen LogP contribution in [-0.2, 0) is 0 Å². The van der Waals surface area contributed by atoms with E-state index in [9.17, 15) is 0 Å². The van der Waals surface area contributed by atoms with Crippen molar-refractivity contribution in [2.24, 2.45) is 0 Å². The molecule has 0 bridgehead atoms. The Kier molecular flexibility index (Phi) is 3.36. The zero-order valence-electron chi connectivity index (χ0n) is 12.1. The number of nitrogens with zero attached hydrogens (tertiary/aromatic N) is 2. The second-order valence-electron chi connectivity index (χ2n) is 5.21. The van der Waals surface area contributed by atoms with Crippen molar-refractivity contribution < 1.29 is 0 Å². The van der Waals surface area contributed by atoms with Crippen LogP contribution in [0.25, 0.3) is 32.0 Å². The fraction of sp³-hybridized carbons (Fsp3) is 0.176. The first-order valence-corrected chi connectivity index (χ1v) is 8.48. The highest BCUT2D eigenvalue weighted by Crippen LogP contribution is 2.39. The second kappa shape index (κ2) is 5.38. The van der Waals surface area contributed by atoms with Crippen LogP contribution in [-0.4, -0.2) is 16.5 Å². The predicted molar refractivity (Wildman–Crippen MR) is 96.2 cm³/mol. The second-order valence-corrected chi connectivity index (χ2v) is 6.79. The summed E-state index contributed by atoms with van der Waals surface area (Å²) in [6, 6.07) is 12.2. The lowest BCUT2D eigenvalue weighted by molar-refractivity contribution is 0.983. The number of thiazole rings is 1. The molecule has 0 fully saturated rings. The molecule has 1 N–H and O–H groups in total. The Morgan fingerprint density at radius 2 is 1.86 bits per heavy atom. The van der Waals surface area contributed by atoms with Gasteiger partial charge in [-0.15, -0.1) is 11.3 Å². The van der Waals surface area contributed by atoms with Crippen LogP contribution in [0.4, 0.5) is 5.69 Å². The van der Waals surface area contributed by atoms with Crippen molar-refractivity contribution in [3.05, 3.63) is 40.9 Å². The van der Waals surface area contributed by atoms with Gasteiger partial charge in [0.05, 0.1) is 26.9 Å². The molecule has 0 spiro atoms. The fourth-order valence-electron chi connectivity index (χ4n) is 2.77. The fourth-order valence-corrected chi connectivity index (χ4v) is 3.93. The van der Waals surface area contributed by atoms with Crippen LogP contribution in [0.1, 0.15) is 13.3 Å². The molecule has 22 heavy (non-hydrogen) atoms. The third kappa shape index (κ3) is 2.11. The van der Waals surface area contributed by atoms with E-state index in [1.54, 1.807) is 0 Å². The van der Waals surface area contributed by atoms with Gasteiger partial charge in [-0.3, -0.25) is 0 Å². The Morgan fingerprint density at radius 1 is 1.05 bits per heavy atom. The molecule has 5 heteroatoms. The molecular weight excluding hydrogens is 314 g/mol. The van der Waals surface area contributed by atoms with E-state index in [4.69, 9.17) is 16.6 Å². The standard InChI is InChI=1S/C17H14ClN3S/c1-2-9-19-15-10-5-3-4-6-11(10)20-12-7-8-13-16(14(12)15)22-17(18)21-13/h3-8H,2,9H2,1H3,(H,19,20). The molecule has 4 aromatic rings. The SMILES string of the molecule is CCCNc1c2ccccc2nc2ccc3nc(Cl)sc3c12. The molecule has 2 aromatic heterocycles. The van der Waals surface area contributed by atoms with E-state index >= 15 is 0 Å². The molecule has 2 heterocycles. The molecule has 0 radical (unpaired) electrons. The van der Waals surface area contributed by atoms with Crippen LogP contribution in [0, 0.1) is 0 Å². The summed E-state index contributed by atoms with van der Waals surface area (Å²) in [4.78, 5) is 9.19. The van der Waals surface area contributed by atoms with Crippen LogP contribution in [0.5, 0.6) is 0 Å². The van der Waals surface area contributed by atoms with Gasteiger partial charge in [0, 0.05) is 17.3 Å². The van der Waals surface area contributed by atoms with Crippen LogP contribution >= 0.6 is 22.9 Å². The quantitative estimate of drug-likeness (QED) is 0.507. The molecule has 0 unspecified atom stereocenters. The van der Waals surface area contributed by atoms with Crippen LogP contribution in [0.15, 0.2) is 36.4 Å². The van der Waals surface area contributed by atoms with Gasteiger partial charge in [0.1, 0.15) is 0 Å². The number of para-hydroxylation sites is 1. The molecule has 0 saturated carbocycles. The van der Waals surface area contributed by atoms with Crippen molar-refractivity contribution in [2.45, 2.75) is 13.3 Å². The van der Waals surface area contributed by atoms with Gasteiger partial charge in [-0.05, 0) is 24.6 Å². The number of nitrogens with one attached hydrogen (secondary N) is 1. The first-order chi connectivity index (χ1) is 10.8. The van der Waals surface area contributed by atoms with Gasteiger partial charge in [0.2, 0.25) is 0 Å². The predicted octanol–water partition coefficient (Wildman–Crippen LogP) is 5.47. The molecule has 3 nitrogen and oxygen atoms in total. The molecule has 0 saturated heterocycles.